The van der Waals surface area contributed by atoms with Gasteiger partial charge in [-0.2, -0.15) is 4.80 Å². The van der Waals surface area contributed by atoms with Crippen molar-refractivity contribution in [3.63, 3.8) is 0 Å². The molecule has 21 heavy (non-hydrogen) atoms. The van der Waals surface area contributed by atoms with Crippen LogP contribution >= 0.6 is 0 Å². The average molecular weight is 279 g/mol. The first kappa shape index (κ1) is 13.0. The second-order valence-corrected chi connectivity index (χ2v) is 4.50. The van der Waals surface area contributed by atoms with Gasteiger partial charge in [0.1, 0.15) is 0 Å². The molecule has 6 nitrogen and oxygen atoms in total. The molecule has 0 aliphatic rings. The summed E-state index contributed by atoms with van der Waals surface area (Å²) >= 11 is 0. The highest BCUT2D eigenvalue weighted by atomic mass is 16.1. The van der Waals surface area contributed by atoms with Crippen molar-refractivity contribution in [3.05, 3.63) is 60.2 Å². The van der Waals surface area contributed by atoms with Crippen LogP contribution in [-0.2, 0) is 7.05 Å². The van der Waals surface area contributed by atoms with Gasteiger partial charge in [-0.3, -0.25) is 10.1 Å². The number of carbonyl (C=O) groups is 1. The number of nitrogens with one attached hydrogen (secondary N) is 1. The van der Waals surface area contributed by atoms with Crippen LogP contribution in [0.1, 0.15) is 10.4 Å². The number of hydrogen-bond donors (Lipinski definition) is 1. The molecule has 0 aliphatic heterocycles. The first-order chi connectivity index (χ1) is 10.2. The SMILES string of the molecule is Cn1nnc(NC(=O)c2ccc(-c3ccccc3)cc2)n1. The molecule has 0 spiro atoms. The van der Waals surface area contributed by atoms with E-state index in [2.05, 4.69) is 20.7 Å². The highest BCUT2D eigenvalue weighted by Crippen LogP contribution is 2.19. The van der Waals surface area contributed by atoms with Crippen LogP contribution in [0.15, 0.2) is 54.6 Å². The van der Waals surface area contributed by atoms with Crippen LogP contribution in [0.5, 0.6) is 0 Å². The van der Waals surface area contributed by atoms with E-state index in [1.165, 1.54) is 4.80 Å². The number of hydrogen-bond acceptors (Lipinski definition) is 4. The maximum absolute atomic E-state index is 12.0. The second-order valence-electron chi connectivity index (χ2n) is 4.50. The first-order valence-electron chi connectivity index (χ1n) is 6.43. The molecule has 3 rings (SSSR count). The first-order valence-corrected chi connectivity index (χ1v) is 6.43. The average Bonchev–Trinajstić information content (AvgIpc) is 2.93. The fraction of sp³-hybridized carbons (Fsp3) is 0.0667. The summed E-state index contributed by atoms with van der Waals surface area (Å²) < 4.78 is 0. The second kappa shape index (κ2) is 5.54. The molecule has 0 bridgehead atoms. The predicted octanol–water partition coefficient (Wildman–Crippen LogP) is 2.13. The Morgan fingerprint density at radius 1 is 1.00 bits per heavy atom. The Labute approximate surface area is 121 Å². The Kier molecular flexibility index (Phi) is 3.42. The van der Waals surface area contributed by atoms with Crippen LogP contribution < -0.4 is 5.32 Å². The fourth-order valence-electron chi connectivity index (χ4n) is 1.95. The van der Waals surface area contributed by atoms with Gasteiger partial charge in [-0.05, 0) is 28.5 Å². The summed E-state index contributed by atoms with van der Waals surface area (Å²) in [6, 6.07) is 17.4. The molecule has 0 radical (unpaired) electrons. The van der Waals surface area contributed by atoms with Gasteiger partial charge in [0.05, 0.1) is 7.05 Å². The summed E-state index contributed by atoms with van der Waals surface area (Å²) in [6.45, 7) is 0. The number of carbonyl (C=O) groups excluding carboxylic acids is 1. The topological polar surface area (TPSA) is 72.7 Å². The Hall–Kier alpha value is -3.02. The van der Waals surface area contributed by atoms with Gasteiger partial charge in [0, 0.05) is 5.56 Å². The van der Waals surface area contributed by atoms with Gasteiger partial charge in [-0.15, -0.1) is 5.10 Å². The minimum absolute atomic E-state index is 0.189. The van der Waals surface area contributed by atoms with Crippen molar-refractivity contribution < 1.29 is 4.79 Å². The van der Waals surface area contributed by atoms with Gasteiger partial charge in [0.25, 0.3) is 11.9 Å². The van der Waals surface area contributed by atoms with Crippen molar-refractivity contribution in [2.24, 2.45) is 7.05 Å². The van der Waals surface area contributed by atoms with Crippen molar-refractivity contribution in [2.45, 2.75) is 0 Å². The molecule has 2 aromatic carbocycles. The number of anilines is 1. The van der Waals surface area contributed by atoms with Gasteiger partial charge in [0.15, 0.2) is 0 Å². The minimum atomic E-state index is -0.261. The summed E-state index contributed by atoms with van der Waals surface area (Å²) in [5.41, 5.74) is 2.71. The van der Waals surface area contributed by atoms with Gasteiger partial charge >= 0.3 is 0 Å². The summed E-state index contributed by atoms with van der Waals surface area (Å²) in [5.74, 6) is -0.0720. The molecule has 104 valence electrons. The molecule has 0 unspecified atom stereocenters. The molecule has 0 saturated carbocycles. The Morgan fingerprint density at radius 3 is 2.29 bits per heavy atom. The number of aryl methyl sites for hydroxylation is 1. The Morgan fingerprint density at radius 2 is 1.67 bits per heavy atom. The van der Waals surface area contributed by atoms with Crippen molar-refractivity contribution in [3.8, 4) is 11.1 Å². The van der Waals surface area contributed by atoms with Crippen LogP contribution in [0.25, 0.3) is 11.1 Å². The van der Waals surface area contributed by atoms with Crippen LogP contribution in [0.4, 0.5) is 5.95 Å². The molecular weight excluding hydrogens is 266 g/mol. The summed E-state index contributed by atoms with van der Waals surface area (Å²) in [6.07, 6.45) is 0. The van der Waals surface area contributed by atoms with Gasteiger partial charge in [0.2, 0.25) is 0 Å². The smallest absolute Gasteiger partial charge is 0.270 e. The maximum atomic E-state index is 12.0. The minimum Gasteiger partial charge on any atom is -0.288 e. The number of tetrazole rings is 1. The largest absolute Gasteiger partial charge is 0.288 e. The quantitative estimate of drug-likeness (QED) is 0.797. The van der Waals surface area contributed by atoms with Crippen LogP contribution in [0.3, 0.4) is 0 Å². The molecule has 6 heteroatoms. The standard InChI is InChI=1S/C15H13N5O/c1-20-18-15(17-19-20)16-14(21)13-9-7-12(8-10-13)11-5-3-2-4-6-11/h2-10H,1H3,(H,16,18,21). The Balaban J connectivity index is 1.76. The van der Waals surface area contributed by atoms with Crippen molar-refractivity contribution in [1.29, 1.82) is 0 Å². The number of rotatable bonds is 3. The zero-order chi connectivity index (χ0) is 14.7. The third kappa shape index (κ3) is 2.94. The van der Waals surface area contributed by atoms with E-state index in [4.69, 9.17) is 0 Å². The third-order valence-electron chi connectivity index (χ3n) is 2.99. The maximum Gasteiger partial charge on any atom is 0.270 e. The fourth-order valence-corrected chi connectivity index (χ4v) is 1.95. The lowest BCUT2D eigenvalue weighted by molar-refractivity contribution is 0.102. The predicted molar refractivity (Wildman–Crippen MR) is 78.6 cm³/mol. The number of nitrogens with zero attached hydrogens (tertiary/aromatic N) is 4. The van der Waals surface area contributed by atoms with Crippen LogP contribution in [-0.4, -0.2) is 26.1 Å². The monoisotopic (exact) mass is 279 g/mol. The van der Waals surface area contributed by atoms with Crippen LogP contribution in [0.2, 0.25) is 0 Å². The molecule has 1 amide bonds. The lowest BCUT2D eigenvalue weighted by Gasteiger charge is -2.04. The molecule has 0 atom stereocenters. The summed E-state index contributed by atoms with van der Waals surface area (Å²) in [4.78, 5) is 13.3. The zero-order valence-corrected chi connectivity index (χ0v) is 11.4. The van der Waals surface area contributed by atoms with E-state index >= 15 is 0 Å². The number of aromatic nitrogens is 4. The van der Waals surface area contributed by atoms with E-state index in [-0.39, 0.29) is 11.9 Å². The lowest BCUT2D eigenvalue weighted by atomic mass is 10.0. The van der Waals surface area contributed by atoms with E-state index in [0.29, 0.717) is 5.56 Å². The van der Waals surface area contributed by atoms with E-state index in [1.807, 2.05) is 42.5 Å². The van der Waals surface area contributed by atoms with E-state index in [1.54, 1.807) is 19.2 Å². The number of amides is 1. The van der Waals surface area contributed by atoms with E-state index < -0.39 is 0 Å². The molecule has 1 aromatic heterocycles. The van der Waals surface area contributed by atoms with Crippen LogP contribution in [0, 0.1) is 0 Å². The normalized spacial score (nSPS) is 10.3. The number of benzene rings is 2. The molecule has 3 aromatic rings. The van der Waals surface area contributed by atoms with E-state index in [9.17, 15) is 4.79 Å². The highest BCUT2D eigenvalue weighted by Gasteiger charge is 2.09. The Bertz CT molecular complexity index is 749. The highest BCUT2D eigenvalue weighted by molar-refractivity contribution is 6.03. The summed E-state index contributed by atoms with van der Waals surface area (Å²) in [5, 5.41) is 13.9. The molecule has 1 N–H and O–H groups in total. The molecule has 0 saturated heterocycles. The zero-order valence-electron chi connectivity index (χ0n) is 11.4. The van der Waals surface area contributed by atoms with Gasteiger partial charge < -0.3 is 0 Å². The van der Waals surface area contributed by atoms with Gasteiger partial charge in [-0.1, -0.05) is 47.6 Å². The molecule has 0 fully saturated rings. The molecular formula is C15H13N5O. The van der Waals surface area contributed by atoms with Crippen molar-refractivity contribution in [1.82, 2.24) is 20.2 Å². The molecule has 1 heterocycles. The lowest BCUT2D eigenvalue weighted by Crippen LogP contribution is -2.13. The van der Waals surface area contributed by atoms with Crippen molar-refractivity contribution in [2.75, 3.05) is 5.32 Å². The summed E-state index contributed by atoms with van der Waals surface area (Å²) in [7, 11) is 1.64. The van der Waals surface area contributed by atoms with E-state index in [0.717, 1.165) is 11.1 Å². The third-order valence-corrected chi connectivity index (χ3v) is 2.99. The van der Waals surface area contributed by atoms with Gasteiger partial charge in [-0.25, -0.2) is 0 Å². The molecule has 0 aliphatic carbocycles. The van der Waals surface area contributed by atoms with Crippen molar-refractivity contribution >= 4 is 11.9 Å².